The molecule has 0 aliphatic carbocycles. The Morgan fingerprint density at radius 3 is 2.55 bits per heavy atom. The van der Waals surface area contributed by atoms with Crippen molar-refractivity contribution in [2.24, 2.45) is 5.10 Å². The van der Waals surface area contributed by atoms with Crippen LogP contribution in [0.5, 0.6) is 0 Å². The van der Waals surface area contributed by atoms with Crippen LogP contribution in [0.3, 0.4) is 0 Å². The lowest BCUT2D eigenvalue weighted by molar-refractivity contribution is 0.798. The number of hydrogen-bond acceptors (Lipinski definition) is 6. The third-order valence-corrected chi connectivity index (χ3v) is 6.91. The Morgan fingerprint density at radius 2 is 1.81 bits per heavy atom. The maximum Gasteiger partial charge on any atom is 0.253 e. The molecule has 2 N–H and O–H groups in total. The van der Waals surface area contributed by atoms with Gasteiger partial charge in [0.1, 0.15) is 16.5 Å². The zero-order valence-electron chi connectivity index (χ0n) is 17.4. The minimum atomic E-state index is 0.521. The minimum Gasteiger partial charge on any atom is -0.399 e. The van der Waals surface area contributed by atoms with Crippen LogP contribution in [0.15, 0.2) is 53.6 Å². The average molecular weight is 449 g/mol. The summed E-state index contributed by atoms with van der Waals surface area (Å²) in [7, 11) is 0. The van der Waals surface area contributed by atoms with Gasteiger partial charge in [0.05, 0.1) is 6.54 Å². The third-order valence-electron chi connectivity index (χ3n) is 5.47. The van der Waals surface area contributed by atoms with Gasteiger partial charge in [0.25, 0.3) is 5.95 Å². The molecule has 0 amide bonds. The number of hydrogen-bond donors (Lipinski definition) is 1. The van der Waals surface area contributed by atoms with Gasteiger partial charge < -0.3 is 5.73 Å². The summed E-state index contributed by atoms with van der Waals surface area (Å²) in [4.78, 5) is 1.25. The lowest BCUT2D eigenvalue weighted by Crippen LogP contribution is -2.20. The van der Waals surface area contributed by atoms with Crippen molar-refractivity contribution in [3.05, 3.63) is 86.5 Å². The maximum atomic E-state index is 6.16. The molecule has 0 fully saturated rings. The van der Waals surface area contributed by atoms with Crippen LogP contribution in [0.25, 0.3) is 5.00 Å². The van der Waals surface area contributed by atoms with Crippen molar-refractivity contribution in [3.63, 3.8) is 0 Å². The monoisotopic (exact) mass is 448 g/mol. The average Bonchev–Trinajstić information content (AvgIpc) is 3.21. The molecular weight excluding hydrogens is 428 g/mol. The Kier molecular flexibility index (Phi) is 4.79. The zero-order chi connectivity index (χ0) is 21.7. The van der Waals surface area contributed by atoms with E-state index < -0.39 is 0 Å². The fourth-order valence-corrected chi connectivity index (χ4v) is 5.13. The quantitative estimate of drug-likeness (QED) is 0.434. The lowest BCUT2D eigenvalue weighted by Gasteiger charge is -2.18. The van der Waals surface area contributed by atoms with E-state index in [1.165, 1.54) is 10.4 Å². The molecule has 31 heavy (non-hydrogen) atoms. The highest BCUT2D eigenvalue weighted by atomic mass is 35.5. The smallest absolute Gasteiger partial charge is 0.253 e. The number of nitrogen functional groups attached to an aromatic ring is 1. The van der Waals surface area contributed by atoms with Gasteiger partial charge in [0.2, 0.25) is 0 Å². The molecule has 2 aromatic heterocycles. The molecule has 3 heterocycles. The molecule has 4 aromatic rings. The van der Waals surface area contributed by atoms with Crippen LogP contribution in [-0.2, 0) is 6.54 Å². The van der Waals surface area contributed by atoms with E-state index in [1.54, 1.807) is 11.3 Å². The van der Waals surface area contributed by atoms with Gasteiger partial charge in [-0.3, -0.25) is 4.57 Å². The molecule has 0 saturated carbocycles. The van der Waals surface area contributed by atoms with Gasteiger partial charge in [-0.25, -0.2) is 5.01 Å². The molecule has 5 rings (SSSR count). The normalized spacial score (nSPS) is 12.9. The second kappa shape index (κ2) is 7.51. The van der Waals surface area contributed by atoms with E-state index in [0.29, 0.717) is 17.5 Å². The highest BCUT2D eigenvalue weighted by Crippen LogP contribution is 2.38. The molecule has 0 spiro atoms. The predicted octanol–water partition coefficient (Wildman–Crippen LogP) is 5.26. The van der Waals surface area contributed by atoms with E-state index in [0.717, 1.165) is 38.9 Å². The SMILES string of the molecule is Cc1sc2c(c1C)C(c1ccc(Cl)cc1)=NN(Cc1cccc(N)c1)c1nnc(C)n1-2. The van der Waals surface area contributed by atoms with Crippen LogP contribution in [-0.4, -0.2) is 20.5 Å². The van der Waals surface area contributed by atoms with Crippen LogP contribution >= 0.6 is 22.9 Å². The first kappa shape index (κ1) is 19.8. The number of benzene rings is 2. The molecule has 6 nitrogen and oxygen atoms in total. The molecule has 156 valence electrons. The predicted molar refractivity (Wildman–Crippen MR) is 128 cm³/mol. The second-order valence-electron chi connectivity index (χ2n) is 7.60. The number of anilines is 2. The molecule has 1 aliphatic heterocycles. The maximum absolute atomic E-state index is 6.16. The van der Waals surface area contributed by atoms with Crippen molar-refractivity contribution in [1.82, 2.24) is 14.8 Å². The Labute approximate surface area is 189 Å². The highest BCUT2D eigenvalue weighted by Gasteiger charge is 2.30. The standard InChI is InChI=1S/C23H21ClN6S/c1-13-14(2)31-22-20(13)21(17-7-9-18(24)10-8-17)28-29(23-27-26-15(3)30(22)23)12-16-5-4-6-19(25)11-16/h4-11H,12,25H2,1-3H3. The first-order valence-electron chi connectivity index (χ1n) is 9.91. The van der Waals surface area contributed by atoms with Gasteiger partial charge in [-0.2, -0.15) is 5.10 Å². The Hall–Kier alpha value is -3.16. The summed E-state index contributed by atoms with van der Waals surface area (Å²) < 4.78 is 2.10. The Morgan fingerprint density at radius 1 is 1.03 bits per heavy atom. The number of nitrogens with two attached hydrogens (primary N) is 1. The van der Waals surface area contributed by atoms with Crippen molar-refractivity contribution < 1.29 is 0 Å². The van der Waals surface area contributed by atoms with Crippen LogP contribution in [0, 0.1) is 20.8 Å². The number of halogens is 1. The molecule has 0 atom stereocenters. The summed E-state index contributed by atoms with van der Waals surface area (Å²) in [5, 5.41) is 17.6. The summed E-state index contributed by atoms with van der Waals surface area (Å²) in [6.45, 7) is 6.77. The highest BCUT2D eigenvalue weighted by molar-refractivity contribution is 7.15. The topological polar surface area (TPSA) is 72.3 Å². The molecule has 2 aromatic carbocycles. The fraction of sp³-hybridized carbons (Fsp3) is 0.174. The second-order valence-corrected chi connectivity index (χ2v) is 9.24. The molecule has 0 saturated heterocycles. The molecule has 1 aliphatic rings. The number of rotatable bonds is 3. The number of hydrazone groups is 1. The van der Waals surface area contributed by atoms with Crippen molar-refractivity contribution in [2.45, 2.75) is 27.3 Å². The number of aromatic nitrogens is 3. The van der Waals surface area contributed by atoms with Gasteiger partial charge >= 0.3 is 0 Å². The van der Waals surface area contributed by atoms with Crippen molar-refractivity contribution >= 4 is 40.3 Å². The van der Waals surface area contributed by atoms with E-state index >= 15 is 0 Å². The van der Waals surface area contributed by atoms with E-state index in [9.17, 15) is 0 Å². The van der Waals surface area contributed by atoms with E-state index in [2.05, 4.69) is 28.6 Å². The summed E-state index contributed by atoms with van der Waals surface area (Å²) >= 11 is 7.90. The van der Waals surface area contributed by atoms with Crippen LogP contribution in [0.1, 0.15) is 33.0 Å². The first-order chi connectivity index (χ1) is 14.9. The first-order valence-corrected chi connectivity index (χ1v) is 11.1. The molecule has 8 heteroatoms. The summed E-state index contributed by atoms with van der Waals surface area (Å²) in [5.74, 6) is 1.51. The molecule has 0 radical (unpaired) electrons. The van der Waals surface area contributed by atoms with Gasteiger partial charge in [-0.1, -0.05) is 35.9 Å². The number of nitrogens with zero attached hydrogens (tertiary/aromatic N) is 5. The Bertz CT molecular complexity index is 1320. The van der Waals surface area contributed by atoms with E-state index in [1.807, 2.05) is 60.5 Å². The molecule has 0 bridgehead atoms. The molecular formula is C23H21ClN6S. The van der Waals surface area contributed by atoms with Crippen LogP contribution < -0.4 is 10.7 Å². The largest absolute Gasteiger partial charge is 0.399 e. The minimum absolute atomic E-state index is 0.521. The lowest BCUT2D eigenvalue weighted by atomic mass is 10.00. The van der Waals surface area contributed by atoms with Gasteiger partial charge in [-0.05, 0) is 56.2 Å². The van der Waals surface area contributed by atoms with Crippen molar-refractivity contribution in [2.75, 3.05) is 10.7 Å². The number of fused-ring (bicyclic) bond motifs is 3. The van der Waals surface area contributed by atoms with E-state index in [-0.39, 0.29) is 0 Å². The van der Waals surface area contributed by atoms with Gasteiger partial charge in [-0.15, -0.1) is 21.5 Å². The van der Waals surface area contributed by atoms with Gasteiger partial charge in [0.15, 0.2) is 0 Å². The number of aryl methyl sites for hydroxylation is 2. The summed E-state index contributed by atoms with van der Waals surface area (Å²) in [5.41, 5.74) is 12.0. The van der Waals surface area contributed by atoms with Crippen LogP contribution in [0.2, 0.25) is 5.02 Å². The summed E-state index contributed by atoms with van der Waals surface area (Å²) in [6.07, 6.45) is 0. The Balaban J connectivity index is 1.75. The van der Waals surface area contributed by atoms with E-state index in [4.69, 9.17) is 22.4 Å². The van der Waals surface area contributed by atoms with Crippen molar-refractivity contribution in [3.8, 4) is 5.00 Å². The fourth-order valence-electron chi connectivity index (χ4n) is 3.80. The summed E-state index contributed by atoms with van der Waals surface area (Å²) in [6, 6.07) is 15.6. The van der Waals surface area contributed by atoms with Gasteiger partial charge in [0, 0.05) is 26.7 Å². The van der Waals surface area contributed by atoms with Crippen LogP contribution in [0.4, 0.5) is 11.6 Å². The number of thiophene rings is 1. The molecule has 0 unspecified atom stereocenters. The third kappa shape index (κ3) is 3.40. The van der Waals surface area contributed by atoms with Crippen molar-refractivity contribution in [1.29, 1.82) is 0 Å². The zero-order valence-corrected chi connectivity index (χ0v) is 19.0.